The minimum absolute atomic E-state index is 0.00778. The minimum atomic E-state index is -4.63. The van der Waals surface area contributed by atoms with Crippen LogP contribution in [0.15, 0.2) is 28.5 Å². The Labute approximate surface area is 142 Å². The van der Waals surface area contributed by atoms with Gasteiger partial charge in [0, 0.05) is 17.3 Å². The first-order chi connectivity index (χ1) is 11.5. The topological polar surface area (TPSA) is 108 Å². The molecular formula is C16H18F3N5O. The molecule has 3 N–H and O–H groups in total. The van der Waals surface area contributed by atoms with Crippen molar-refractivity contribution < 1.29 is 18.0 Å². The van der Waals surface area contributed by atoms with E-state index in [4.69, 9.17) is 11.0 Å². The van der Waals surface area contributed by atoms with E-state index < -0.39 is 23.7 Å². The van der Waals surface area contributed by atoms with E-state index in [9.17, 15) is 18.0 Å². The number of nitrogens with zero attached hydrogens (tertiary/aromatic N) is 3. The van der Waals surface area contributed by atoms with Gasteiger partial charge in [-0.3, -0.25) is 9.89 Å². The largest absolute Gasteiger partial charge is 0.433 e. The molecule has 0 spiro atoms. The van der Waals surface area contributed by atoms with Gasteiger partial charge in [0.25, 0.3) is 5.91 Å². The number of H-pyrrole nitrogens is 1. The number of aromatic amines is 1. The number of nitrogens with two attached hydrogens (primary N) is 1. The van der Waals surface area contributed by atoms with Crippen molar-refractivity contribution in [1.82, 2.24) is 10.2 Å². The highest BCUT2D eigenvalue weighted by atomic mass is 19.4. The third-order valence-corrected chi connectivity index (χ3v) is 3.48. The van der Waals surface area contributed by atoms with Gasteiger partial charge in [-0.05, 0) is 25.3 Å². The standard InChI is InChI=1S/C16H18F3N5O/c1-8(2)13(15(25)23-10(4)11(5-20)6-21)9(3)12-7-22-24-14(12)16(17,18)19/h5,7-8H,20H2,1-4H3,(H,22,24)/b11-5?,13-9+,23-10?. The normalized spacial score (nSPS) is 14.4. The number of halogens is 3. The predicted molar refractivity (Wildman–Crippen MR) is 87.0 cm³/mol. The summed E-state index contributed by atoms with van der Waals surface area (Å²) < 4.78 is 39.2. The summed E-state index contributed by atoms with van der Waals surface area (Å²) in [4.78, 5) is 16.3. The SMILES string of the molecule is CC(=NC(=O)/C(=C(\C)c1cn[nH]c1C(F)(F)F)C(C)C)C(C#N)=CN. The van der Waals surface area contributed by atoms with Crippen molar-refractivity contribution >= 4 is 17.2 Å². The molecule has 0 saturated carbocycles. The highest BCUT2D eigenvalue weighted by Crippen LogP contribution is 2.35. The zero-order chi connectivity index (χ0) is 19.4. The number of aliphatic imine (C=N–C) groups is 1. The molecule has 1 aromatic rings. The number of alkyl halides is 3. The molecule has 0 radical (unpaired) electrons. The number of hydrogen-bond donors (Lipinski definition) is 2. The minimum Gasteiger partial charge on any atom is -0.403 e. The van der Waals surface area contributed by atoms with Crippen molar-refractivity contribution in [1.29, 1.82) is 5.26 Å². The van der Waals surface area contributed by atoms with Gasteiger partial charge < -0.3 is 5.73 Å². The van der Waals surface area contributed by atoms with E-state index in [2.05, 4.69) is 10.1 Å². The molecule has 0 unspecified atom stereocenters. The Morgan fingerprint density at radius 2 is 2.04 bits per heavy atom. The van der Waals surface area contributed by atoms with E-state index in [1.54, 1.807) is 19.9 Å². The molecule has 9 heteroatoms. The highest BCUT2D eigenvalue weighted by Gasteiger charge is 2.36. The quantitative estimate of drug-likeness (QED) is 0.492. The molecule has 0 saturated heterocycles. The molecule has 6 nitrogen and oxygen atoms in total. The maximum Gasteiger partial charge on any atom is 0.433 e. The van der Waals surface area contributed by atoms with Crippen LogP contribution >= 0.6 is 0 Å². The number of nitrogens with one attached hydrogen (secondary N) is 1. The molecule has 0 aromatic carbocycles. The molecule has 1 aromatic heterocycles. The lowest BCUT2D eigenvalue weighted by molar-refractivity contribution is -0.141. The molecule has 1 amide bonds. The summed E-state index contributed by atoms with van der Waals surface area (Å²) in [7, 11) is 0. The van der Waals surface area contributed by atoms with Crippen LogP contribution in [0.3, 0.4) is 0 Å². The van der Waals surface area contributed by atoms with Crippen molar-refractivity contribution in [3.8, 4) is 6.07 Å². The second-order valence-electron chi connectivity index (χ2n) is 5.54. The fourth-order valence-corrected chi connectivity index (χ4v) is 2.28. The van der Waals surface area contributed by atoms with Crippen LogP contribution in [0.4, 0.5) is 13.2 Å². The molecule has 25 heavy (non-hydrogen) atoms. The highest BCUT2D eigenvalue weighted by molar-refractivity contribution is 6.12. The lowest BCUT2D eigenvalue weighted by Crippen LogP contribution is -2.13. The number of amides is 1. The van der Waals surface area contributed by atoms with Gasteiger partial charge in [0.05, 0.1) is 17.5 Å². The summed E-state index contributed by atoms with van der Waals surface area (Å²) in [6.45, 7) is 6.16. The van der Waals surface area contributed by atoms with Gasteiger partial charge in [0.15, 0.2) is 0 Å². The first-order valence-electron chi connectivity index (χ1n) is 7.28. The molecule has 0 aliphatic carbocycles. The van der Waals surface area contributed by atoms with Gasteiger partial charge in [-0.15, -0.1) is 0 Å². The van der Waals surface area contributed by atoms with E-state index in [0.29, 0.717) is 0 Å². The van der Waals surface area contributed by atoms with E-state index in [1.807, 2.05) is 5.10 Å². The molecule has 0 aliphatic rings. The Kier molecular flexibility index (Phi) is 6.28. The zero-order valence-corrected chi connectivity index (χ0v) is 14.2. The Balaban J connectivity index is 3.49. The van der Waals surface area contributed by atoms with Crippen molar-refractivity contribution in [2.75, 3.05) is 0 Å². The van der Waals surface area contributed by atoms with E-state index >= 15 is 0 Å². The van der Waals surface area contributed by atoms with Gasteiger partial charge in [-0.25, -0.2) is 4.99 Å². The number of aromatic nitrogens is 2. The van der Waals surface area contributed by atoms with Crippen LogP contribution in [0.1, 0.15) is 39.0 Å². The van der Waals surface area contributed by atoms with Crippen LogP contribution in [0, 0.1) is 17.2 Å². The predicted octanol–water partition coefficient (Wildman–Crippen LogP) is 3.21. The summed E-state index contributed by atoms with van der Waals surface area (Å²) in [6.07, 6.45) is -2.60. The fourth-order valence-electron chi connectivity index (χ4n) is 2.28. The monoisotopic (exact) mass is 353 g/mol. The third-order valence-electron chi connectivity index (χ3n) is 3.48. The fraction of sp³-hybridized carbons (Fsp3) is 0.375. The van der Waals surface area contributed by atoms with E-state index in [0.717, 1.165) is 12.4 Å². The van der Waals surface area contributed by atoms with Crippen molar-refractivity contribution in [2.24, 2.45) is 16.6 Å². The Bertz CT molecular complexity index is 791. The summed E-state index contributed by atoms with van der Waals surface area (Å²) >= 11 is 0. The Morgan fingerprint density at radius 3 is 2.48 bits per heavy atom. The first-order valence-corrected chi connectivity index (χ1v) is 7.28. The molecule has 0 fully saturated rings. The van der Waals surface area contributed by atoms with Crippen LogP contribution in [0.2, 0.25) is 0 Å². The average Bonchev–Trinajstić information content (AvgIpc) is 2.97. The number of allylic oxidation sites excluding steroid dienone is 2. The smallest absolute Gasteiger partial charge is 0.403 e. The maximum atomic E-state index is 13.1. The molecule has 0 atom stereocenters. The van der Waals surface area contributed by atoms with Gasteiger partial charge >= 0.3 is 6.18 Å². The Morgan fingerprint density at radius 1 is 1.44 bits per heavy atom. The summed E-state index contributed by atoms with van der Waals surface area (Å²) in [5, 5.41) is 14.2. The number of nitriles is 1. The van der Waals surface area contributed by atoms with Crippen molar-refractivity contribution in [3.05, 3.63) is 34.8 Å². The van der Waals surface area contributed by atoms with Crippen LogP contribution in [-0.2, 0) is 11.0 Å². The molecule has 1 heterocycles. The Hall–Kier alpha value is -2.89. The van der Waals surface area contributed by atoms with Gasteiger partial charge in [0.1, 0.15) is 11.8 Å². The van der Waals surface area contributed by atoms with Gasteiger partial charge in [0.2, 0.25) is 0 Å². The van der Waals surface area contributed by atoms with Gasteiger partial charge in [-0.2, -0.15) is 23.5 Å². The number of hydrogen-bond acceptors (Lipinski definition) is 4. The van der Waals surface area contributed by atoms with Crippen LogP contribution in [0.25, 0.3) is 5.57 Å². The van der Waals surface area contributed by atoms with Crippen molar-refractivity contribution in [3.63, 3.8) is 0 Å². The summed E-state index contributed by atoms with van der Waals surface area (Å²) in [5.41, 5.74) is 4.34. The average molecular weight is 353 g/mol. The second kappa shape index (κ2) is 7.79. The molecule has 134 valence electrons. The number of carbonyl (C=O) groups excluding carboxylic acids is 1. The van der Waals surface area contributed by atoms with Crippen LogP contribution in [0.5, 0.6) is 0 Å². The van der Waals surface area contributed by atoms with Gasteiger partial charge in [-0.1, -0.05) is 13.8 Å². The van der Waals surface area contributed by atoms with E-state index in [1.165, 1.54) is 13.8 Å². The lowest BCUT2D eigenvalue weighted by Gasteiger charge is -2.14. The van der Waals surface area contributed by atoms with Crippen LogP contribution < -0.4 is 5.73 Å². The first kappa shape index (κ1) is 20.2. The molecule has 1 rings (SSSR count). The molecule has 0 aliphatic heterocycles. The van der Waals surface area contributed by atoms with Crippen molar-refractivity contribution in [2.45, 2.75) is 33.9 Å². The number of carbonyl (C=O) groups is 1. The second-order valence-corrected chi connectivity index (χ2v) is 5.54. The summed E-state index contributed by atoms with van der Waals surface area (Å²) in [6, 6.07) is 1.78. The van der Waals surface area contributed by atoms with E-state index in [-0.39, 0.29) is 28.0 Å². The van der Waals surface area contributed by atoms with Crippen LogP contribution in [-0.4, -0.2) is 21.8 Å². The summed E-state index contributed by atoms with van der Waals surface area (Å²) in [5.74, 6) is -1.12. The maximum absolute atomic E-state index is 13.1. The number of rotatable bonds is 4. The molecular weight excluding hydrogens is 335 g/mol. The zero-order valence-electron chi connectivity index (χ0n) is 14.2. The molecule has 0 bridgehead atoms. The lowest BCUT2D eigenvalue weighted by atomic mass is 9.93. The third kappa shape index (κ3) is 4.56.